The molecule has 4 unspecified atom stereocenters. The highest BCUT2D eigenvalue weighted by molar-refractivity contribution is 5.96. The lowest BCUT2D eigenvalue weighted by molar-refractivity contribution is -0.145. The lowest BCUT2D eigenvalue weighted by atomic mass is 10.1. The third kappa shape index (κ3) is 6.97. The summed E-state index contributed by atoms with van der Waals surface area (Å²) in [5, 5.41) is 39.7. The van der Waals surface area contributed by atoms with Crippen LogP contribution in [-0.4, -0.2) is 98.3 Å². The maximum atomic E-state index is 12.6. The number of rotatable bonds is 11. The van der Waals surface area contributed by atoms with E-state index in [4.69, 9.17) is 26.2 Å². The first kappa shape index (κ1) is 24.8. The number of carboxylic acids is 3. The zero-order chi connectivity index (χ0) is 23.0. The first-order valence-corrected chi connectivity index (χ1v) is 8.92. The van der Waals surface area contributed by atoms with Crippen molar-refractivity contribution in [2.45, 2.75) is 49.9 Å². The second-order valence-electron chi connectivity index (χ2n) is 6.64. The molecule has 14 heteroatoms. The number of carbonyl (C=O) groups excluding carboxylic acids is 3. The van der Waals surface area contributed by atoms with Gasteiger partial charge in [0.05, 0.1) is 25.5 Å². The van der Waals surface area contributed by atoms with Gasteiger partial charge in [-0.1, -0.05) is 0 Å². The molecular weight excluding hydrogens is 408 g/mol. The van der Waals surface area contributed by atoms with E-state index in [1.807, 2.05) is 5.32 Å². The highest BCUT2D eigenvalue weighted by Crippen LogP contribution is 2.19. The zero-order valence-corrected chi connectivity index (χ0v) is 15.8. The number of likely N-dealkylation sites (tertiary alicyclic amines) is 1. The molecule has 14 nitrogen and oxygen atoms in total. The molecule has 3 amide bonds. The minimum Gasteiger partial charge on any atom is -0.481 e. The number of nitrogens with zero attached hydrogens (tertiary/aromatic N) is 1. The molecule has 168 valence electrons. The third-order valence-corrected chi connectivity index (χ3v) is 4.36. The molecule has 1 aliphatic heterocycles. The molecule has 8 N–H and O–H groups in total. The van der Waals surface area contributed by atoms with E-state index in [1.54, 1.807) is 0 Å². The van der Waals surface area contributed by atoms with E-state index in [0.29, 0.717) is 6.42 Å². The second-order valence-corrected chi connectivity index (χ2v) is 6.64. The SMILES string of the molecule is NC(CC(=O)O)C(=O)N1CCCC1C(=O)NC(CC(=O)O)C(=O)NC(CO)C(=O)O. The first-order chi connectivity index (χ1) is 14.0. The standard InChI is InChI=1S/C16H24N4O10/c17-7(4-11(22)23)15(28)20-3-1-2-10(20)14(27)18-8(5-12(24)25)13(26)19-9(6-21)16(29)30/h7-10,21H,1-6,17H2,(H,18,27)(H,19,26)(H,22,23)(H,24,25)(H,29,30). The maximum Gasteiger partial charge on any atom is 0.328 e. The molecule has 0 spiro atoms. The number of carboxylic acid groups (broad SMARTS) is 3. The summed E-state index contributed by atoms with van der Waals surface area (Å²) in [7, 11) is 0. The predicted octanol–water partition coefficient (Wildman–Crippen LogP) is -3.70. The van der Waals surface area contributed by atoms with Crippen LogP contribution < -0.4 is 16.4 Å². The van der Waals surface area contributed by atoms with Crippen LogP contribution in [-0.2, 0) is 28.8 Å². The largest absolute Gasteiger partial charge is 0.481 e. The van der Waals surface area contributed by atoms with Gasteiger partial charge in [0.1, 0.15) is 18.1 Å². The third-order valence-electron chi connectivity index (χ3n) is 4.36. The molecule has 0 aromatic rings. The normalized spacial score (nSPS) is 18.7. The second kappa shape index (κ2) is 11.1. The molecular formula is C16H24N4O10. The van der Waals surface area contributed by atoms with Crippen LogP contribution >= 0.6 is 0 Å². The number of aliphatic hydroxyl groups is 1. The predicted molar refractivity (Wildman–Crippen MR) is 95.8 cm³/mol. The van der Waals surface area contributed by atoms with E-state index in [2.05, 4.69) is 5.32 Å². The number of hydrogen-bond acceptors (Lipinski definition) is 8. The lowest BCUT2D eigenvalue weighted by Crippen LogP contribution is -2.57. The molecule has 30 heavy (non-hydrogen) atoms. The number of nitrogens with two attached hydrogens (primary N) is 1. The topological polar surface area (TPSA) is 237 Å². The molecule has 1 rings (SSSR count). The number of aliphatic hydroxyl groups excluding tert-OH is 1. The number of hydrogen-bond donors (Lipinski definition) is 7. The average molecular weight is 432 g/mol. The summed E-state index contributed by atoms with van der Waals surface area (Å²) in [4.78, 5) is 70.9. The smallest absolute Gasteiger partial charge is 0.328 e. The number of amides is 3. The van der Waals surface area contributed by atoms with Gasteiger partial charge in [0.25, 0.3) is 0 Å². The fourth-order valence-corrected chi connectivity index (χ4v) is 2.90. The van der Waals surface area contributed by atoms with Gasteiger partial charge in [0, 0.05) is 6.54 Å². The number of carbonyl (C=O) groups is 6. The highest BCUT2D eigenvalue weighted by Gasteiger charge is 2.38. The molecule has 0 aliphatic carbocycles. The summed E-state index contributed by atoms with van der Waals surface area (Å²) in [6.45, 7) is -0.840. The molecule has 4 atom stereocenters. The molecule has 1 heterocycles. The zero-order valence-electron chi connectivity index (χ0n) is 15.8. The monoisotopic (exact) mass is 432 g/mol. The van der Waals surface area contributed by atoms with Crippen molar-refractivity contribution in [2.75, 3.05) is 13.2 Å². The Bertz CT molecular complexity index is 712. The Kier molecular flexibility index (Phi) is 9.14. The van der Waals surface area contributed by atoms with Crippen LogP contribution in [0.15, 0.2) is 0 Å². The molecule has 0 bridgehead atoms. The Labute approximate surface area is 170 Å². The van der Waals surface area contributed by atoms with Gasteiger partial charge in [0.2, 0.25) is 17.7 Å². The Balaban J connectivity index is 2.90. The van der Waals surface area contributed by atoms with Crippen molar-refractivity contribution in [3.63, 3.8) is 0 Å². The van der Waals surface area contributed by atoms with Crippen LogP contribution in [0.4, 0.5) is 0 Å². The molecule has 1 aliphatic rings. The van der Waals surface area contributed by atoms with Crippen LogP contribution in [0.5, 0.6) is 0 Å². The Morgan fingerprint density at radius 2 is 1.57 bits per heavy atom. The molecule has 0 saturated carbocycles. The van der Waals surface area contributed by atoms with E-state index < -0.39 is 79.2 Å². The van der Waals surface area contributed by atoms with Crippen molar-refractivity contribution < 1.29 is 49.2 Å². The van der Waals surface area contributed by atoms with Crippen molar-refractivity contribution in [2.24, 2.45) is 5.73 Å². The Morgan fingerprint density at radius 1 is 0.967 bits per heavy atom. The van der Waals surface area contributed by atoms with Gasteiger partial charge >= 0.3 is 17.9 Å². The lowest BCUT2D eigenvalue weighted by Gasteiger charge is -2.28. The van der Waals surface area contributed by atoms with Gasteiger partial charge in [-0.2, -0.15) is 0 Å². The maximum absolute atomic E-state index is 12.6. The summed E-state index contributed by atoms with van der Waals surface area (Å²) in [5.74, 6) is -7.13. The first-order valence-electron chi connectivity index (χ1n) is 8.92. The molecule has 0 aromatic carbocycles. The van der Waals surface area contributed by atoms with E-state index in [-0.39, 0.29) is 13.0 Å². The number of aliphatic carboxylic acids is 3. The van der Waals surface area contributed by atoms with E-state index in [0.717, 1.165) is 4.90 Å². The van der Waals surface area contributed by atoms with Crippen LogP contribution in [0.25, 0.3) is 0 Å². The Hall–Kier alpha value is -3.26. The van der Waals surface area contributed by atoms with Crippen LogP contribution in [0.2, 0.25) is 0 Å². The Morgan fingerprint density at radius 3 is 2.07 bits per heavy atom. The van der Waals surface area contributed by atoms with Crippen molar-refractivity contribution in [3.05, 3.63) is 0 Å². The van der Waals surface area contributed by atoms with Crippen molar-refractivity contribution in [1.29, 1.82) is 0 Å². The molecule has 1 fully saturated rings. The van der Waals surface area contributed by atoms with Crippen LogP contribution in [0, 0.1) is 0 Å². The molecule has 0 aromatic heterocycles. The van der Waals surface area contributed by atoms with E-state index >= 15 is 0 Å². The van der Waals surface area contributed by atoms with Gasteiger partial charge in [0.15, 0.2) is 0 Å². The van der Waals surface area contributed by atoms with Gasteiger partial charge in [-0.15, -0.1) is 0 Å². The summed E-state index contributed by atoms with van der Waals surface area (Å²) in [5.41, 5.74) is 5.55. The average Bonchev–Trinajstić information content (AvgIpc) is 3.13. The minimum atomic E-state index is -1.70. The summed E-state index contributed by atoms with van der Waals surface area (Å²) in [6.07, 6.45) is -0.960. The highest BCUT2D eigenvalue weighted by atomic mass is 16.4. The van der Waals surface area contributed by atoms with E-state index in [1.165, 1.54) is 0 Å². The summed E-state index contributed by atoms with van der Waals surface area (Å²) >= 11 is 0. The quantitative estimate of drug-likeness (QED) is 0.168. The van der Waals surface area contributed by atoms with Gasteiger partial charge in [-0.3, -0.25) is 24.0 Å². The summed E-state index contributed by atoms with van der Waals surface area (Å²) in [6, 6.07) is -5.86. The van der Waals surface area contributed by atoms with Crippen LogP contribution in [0.1, 0.15) is 25.7 Å². The number of nitrogens with one attached hydrogen (secondary N) is 2. The van der Waals surface area contributed by atoms with Gasteiger partial charge in [-0.05, 0) is 12.8 Å². The molecule has 1 saturated heterocycles. The minimum absolute atomic E-state index is 0.117. The van der Waals surface area contributed by atoms with Crippen molar-refractivity contribution >= 4 is 35.6 Å². The van der Waals surface area contributed by atoms with Crippen molar-refractivity contribution in [3.8, 4) is 0 Å². The molecule has 0 radical (unpaired) electrons. The van der Waals surface area contributed by atoms with Crippen molar-refractivity contribution in [1.82, 2.24) is 15.5 Å². The van der Waals surface area contributed by atoms with Gasteiger partial charge in [-0.25, -0.2) is 4.79 Å². The van der Waals surface area contributed by atoms with Gasteiger partial charge < -0.3 is 41.7 Å². The van der Waals surface area contributed by atoms with E-state index in [9.17, 15) is 28.8 Å². The fraction of sp³-hybridized carbons (Fsp3) is 0.625. The summed E-state index contributed by atoms with van der Waals surface area (Å²) < 4.78 is 0. The fourth-order valence-electron chi connectivity index (χ4n) is 2.90. The van der Waals surface area contributed by atoms with Crippen LogP contribution in [0.3, 0.4) is 0 Å².